The van der Waals surface area contributed by atoms with E-state index in [0.29, 0.717) is 13.0 Å². The van der Waals surface area contributed by atoms with Crippen molar-refractivity contribution in [2.75, 3.05) is 12.0 Å². The first kappa shape index (κ1) is 12.1. The number of rotatable bonds is 7. The summed E-state index contributed by atoms with van der Waals surface area (Å²) in [6, 6.07) is -0.485. The standard InChI is InChI=1S/C9H15N3O2S/c1-15-3-2-8(9(13)14)11-5-7-4-10-6-12-7/h4,6,8,11H,2-3,5H2,1H3,(H,10,12)(H,13,14). The van der Waals surface area contributed by atoms with Crippen molar-refractivity contribution in [1.29, 1.82) is 0 Å². The number of nitrogens with one attached hydrogen (secondary N) is 2. The predicted molar refractivity (Wildman–Crippen MR) is 59.9 cm³/mol. The van der Waals surface area contributed by atoms with E-state index in [-0.39, 0.29) is 0 Å². The predicted octanol–water partition coefficient (Wildman–Crippen LogP) is 0.706. The first-order valence-electron chi connectivity index (χ1n) is 4.66. The van der Waals surface area contributed by atoms with E-state index in [1.54, 1.807) is 24.3 Å². The second kappa shape index (κ2) is 6.47. The highest BCUT2D eigenvalue weighted by molar-refractivity contribution is 7.98. The maximum absolute atomic E-state index is 10.9. The normalized spacial score (nSPS) is 12.6. The second-order valence-electron chi connectivity index (χ2n) is 3.13. The van der Waals surface area contributed by atoms with E-state index >= 15 is 0 Å². The Labute approximate surface area is 92.7 Å². The summed E-state index contributed by atoms with van der Waals surface area (Å²) in [6.07, 6.45) is 5.85. The van der Waals surface area contributed by atoms with Gasteiger partial charge in [0.25, 0.3) is 0 Å². The quantitative estimate of drug-likeness (QED) is 0.641. The Morgan fingerprint density at radius 2 is 2.60 bits per heavy atom. The third kappa shape index (κ3) is 4.35. The number of carboxylic acid groups (broad SMARTS) is 1. The van der Waals surface area contributed by atoms with Crippen molar-refractivity contribution in [3.63, 3.8) is 0 Å². The molecule has 0 aliphatic carbocycles. The average Bonchev–Trinajstić information content (AvgIpc) is 2.70. The summed E-state index contributed by atoms with van der Waals surface area (Å²) >= 11 is 1.65. The molecule has 15 heavy (non-hydrogen) atoms. The van der Waals surface area contributed by atoms with Crippen molar-refractivity contribution in [3.05, 3.63) is 18.2 Å². The number of thioether (sulfide) groups is 1. The van der Waals surface area contributed by atoms with E-state index in [1.807, 2.05) is 6.26 Å². The Bertz CT molecular complexity index is 290. The molecule has 1 aromatic heterocycles. The molecule has 0 saturated carbocycles. The van der Waals surface area contributed by atoms with Crippen LogP contribution in [0.25, 0.3) is 0 Å². The third-order valence-corrected chi connectivity index (χ3v) is 2.65. The number of imidazole rings is 1. The highest BCUT2D eigenvalue weighted by Gasteiger charge is 2.15. The van der Waals surface area contributed by atoms with Crippen LogP contribution in [0.3, 0.4) is 0 Å². The fourth-order valence-electron chi connectivity index (χ4n) is 1.16. The summed E-state index contributed by atoms with van der Waals surface area (Å²) in [5.41, 5.74) is 0.894. The van der Waals surface area contributed by atoms with Gasteiger partial charge in [0.1, 0.15) is 6.04 Å². The van der Waals surface area contributed by atoms with Gasteiger partial charge in [0.2, 0.25) is 0 Å². The molecule has 0 amide bonds. The molecule has 0 saturated heterocycles. The minimum absolute atomic E-state index is 0.485. The molecule has 0 fully saturated rings. The van der Waals surface area contributed by atoms with Crippen LogP contribution in [0.2, 0.25) is 0 Å². The average molecular weight is 229 g/mol. The highest BCUT2D eigenvalue weighted by Crippen LogP contribution is 2.02. The molecule has 0 aliphatic rings. The molecule has 1 aromatic rings. The van der Waals surface area contributed by atoms with E-state index in [9.17, 15) is 4.79 Å². The van der Waals surface area contributed by atoms with Gasteiger partial charge in [-0.05, 0) is 18.4 Å². The van der Waals surface area contributed by atoms with Gasteiger partial charge in [-0.2, -0.15) is 11.8 Å². The minimum atomic E-state index is -0.802. The Morgan fingerprint density at radius 3 is 3.13 bits per heavy atom. The van der Waals surface area contributed by atoms with Gasteiger partial charge in [-0.15, -0.1) is 0 Å². The third-order valence-electron chi connectivity index (χ3n) is 2.00. The van der Waals surface area contributed by atoms with Gasteiger partial charge in [0, 0.05) is 18.4 Å². The van der Waals surface area contributed by atoms with Crippen LogP contribution >= 0.6 is 11.8 Å². The van der Waals surface area contributed by atoms with Crippen LogP contribution in [0, 0.1) is 0 Å². The SMILES string of the molecule is CSCCC(NCc1cnc[nH]1)C(=O)O. The smallest absolute Gasteiger partial charge is 0.320 e. The molecule has 84 valence electrons. The molecule has 1 rings (SSSR count). The van der Waals surface area contributed by atoms with Crippen LogP contribution in [0.4, 0.5) is 0 Å². The molecule has 5 nitrogen and oxygen atoms in total. The number of aliphatic carboxylic acids is 1. The second-order valence-corrected chi connectivity index (χ2v) is 4.12. The van der Waals surface area contributed by atoms with E-state index in [0.717, 1.165) is 11.4 Å². The summed E-state index contributed by atoms with van der Waals surface area (Å²) in [7, 11) is 0. The van der Waals surface area contributed by atoms with Gasteiger partial charge in [0.15, 0.2) is 0 Å². The lowest BCUT2D eigenvalue weighted by Gasteiger charge is -2.12. The summed E-state index contributed by atoms with van der Waals surface area (Å²) in [5, 5.41) is 11.9. The van der Waals surface area contributed by atoms with Crippen molar-refractivity contribution in [2.24, 2.45) is 0 Å². The number of hydrogen-bond donors (Lipinski definition) is 3. The van der Waals surface area contributed by atoms with Crippen molar-refractivity contribution in [3.8, 4) is 0 Å². The molecule has 0 spiro atoms. The van der Waals surface area contributed by atoms with Gasteiger partial charge < -0.3 is 10.1 Å². The lowest BCUT2D eigenvalue weighted by Crippen LogP contribution is -2.36. The van der Waals surface area contributed by atoms with Crippen LogP contribution in [0.1, 0.15) is 12.1 Å². The van der Waals surface area contributed by atoms with Gasteiger partial charge in [-0.3, -0.25) is 10.1 Å². The number of carboxylic acids is 1. The van der Waals surface area contributed by atoms with Crippen molar-refractivity contribution >= 4 is 17.7 Å². The maximum Gasteiger partial charge on any atom is 0.320 e. The monoisotopic (exact) mass is 229 g/mol. The fraction of sp³-hybridized carbons (Fsp3) is 0.556. The van der Waals surface area contributed by atoms with E-state index in [2.05, 4.69) is 15.3 Å². The number of nitrogens with zero attached hydrogens (tertiary/aromatic N) is 1. The lowest BCUT2D eigenvalue weighted by atomic mass is 10.2. The van der Waals surface area contributed by atoms with Crippen LogP contribution in [-0.4, -0.2) is 39.1 Å². The molecular weight excluding hydrogens is 214 g/mol. The van der Waals surface area contributed by atoms with Crippen molar-refractivity contribution < 1.29 is 9.90 Å². The van der Waals surface area contributed by atoms with E-state index in [4.69, 9.17) is 5.11 Å². The van der Waals surface area contributed by atoms with Gasteiger partial charge in [-0.1, -0.05) is 0 Å². The zero-order valence-electron chi connectivity index (χ0n) is 8.56. The van der Waals surface area contributed by atoms with Gasteiger partial charge in [0.05, 0.1) is 6.33 Å². The summed E-state index contributed by atoms with van der Waals surface area (Å²) in [6.45, 7) is 0.505. The first-order chi connectivity index (χ1) is 7.24. The Morgan fingerprint density at radius 1 is 1.80 bits per heavy atom. The van der Waals surface area contributed by atoms with Crippen LogP contribution in [0.15, 0.2) is 12.5 Å². The number of H-pyrrole nitrogens is 1. The lowest BCUT2D eigenvalue weighted by molar-refractivity contribution is -0.139. The van der Waals surface area contributed by atoms with Crippen LogP contribution < -0.4 is 5.32 Å². The summed E-state index contributed by atoms with van der Waals surface area (Å²) in [5.74, 6) is 0.0380. The molecule has 0 aliphatic heterocycles. The first-order valence-corrected chi connectivity index (χ1v) is 6.05. The molecule has 1 heterocycles. The van der Waals surface area contributed by atoms with E-state index in [1.165, 1.54) is 0 Å². The molecule has 1 atom stereocenters. The fourth-order valence-corrected chi connectivity index (χ4v) is 1.63. The van der Waals surface area contributed by atoms with Crippen LogP contribution in [0.5, 0.6) is 0 Å². The van der Waals surface area contributed by atoms with Gasteiger partial charge in [-0.25, -0.2) is 4.98 Å². The molecule has 0 radical (unpaired) electrons. The zero-order valence-corrected chi connectivity index (χ0v) is 9.38. The number of carbonyl (C=O) groups is 1. The number of aromatic amines is 1. The number of aromatic nitrogens is 2. The molecule has 3 N–H and O–H groups in total. The molecule has 6 heteroatoms. The summed E-state index contributed by atoms with van der Waals surface area (Å²) < 4.78 is 0. The van der Waals surface area contributed by atoms with Crippen molar-refractivity contribution in [1.82, 2.24) is 15.3 Å². The Hall–Kier alpha value is -1.01. The van der Waals surface area contributed by atoms with Crippen molar-refractivity contribution in [2.45, 2.75) is 19.0 Å². The Balaban J connectivity index is 2.34. The number of hydrogen-bond acceptors (Lipinski definition) is 4. The molecule has 1 unspecified atom stereocenters. The van der Waals surface area contributed by atoms with Gasteiger partial charge >= 0.3 is 5.97 Å². The zero-order chi connectivity index (χ0) is 11.1. The largest absolute Gasteiger partial charge is 0.480 e. The Kier molecular flexibility index (Phi) is 5.20. The molecule has 0 aromatic carbocycles. The molecular formula is C9H15N3O2S. The minimum Gasteiger partial charge on any atom is -0.480 e. The molecule has 0 bridgehead atoms. The van der Waals surface area contributed by atoms with Crippen LogP contribution in [-0.2, 0) is 11.3 Å². The maximum atomic E-state index is 10.9. The topological polar surface area (TPSA) is 78.0 Å². The summed E-state index contributed by atoms with van der Waals surface area (Å²) in [4.78, 5) is 17.6. The van der Waals surface area contributed by atoms with E-state index < -0.39 is 12.0 Å². The highest BCUT2D eigenvalue weighted by atomic mass is 32.2.